The van der Waals surface area contributed by atoms with Crippen molar-refractivity contribution in [3.63, 3.8) is 0 Å². The molecule has 15 heavy (non-hydrogen) atoms. The first-order chi connectivity index (χ1) is 6.83. The van der Waals surface area contributed by atoms with Crippen LogP contribution in [0, 0.1) is 5.82 Å². The summed E-state index contributed by atoms with van der Waals surface area (Å²) in [6, 6.07) is 4.11. The molecule has 82 valence electrons. The van der Waals surface area contributed by atoms with Gasteiger partial charge in [0.25, 0.3) is 0 Å². The van der Waals surface area contributed by atoms with Crippen LogP contribution in [0.15, 0.2) is 22.7 Å². The molecule has 5 heteroatoms. The highest BCUT2D eigenvalue weighted by Gasteiger charge is 2.30. The van der Waals surface area contributed by atoms with Crippen molar-refractivity contribution in [3.05, 3.63) is 34.1 Å². The van der Waals surface area contributed by atoms with Crippen molar-refractivity contribution in [1.82, 2.24) is 0 Å². The third-order valence-electron chi connectivity index (χ3n) is 1.99. The van der Waals surface area contributed by atoms with Gasteiger partial charge >= 0.3 is 5.97 Å². The van der Waals surface area contributed by atoms with Gasteiger partial charge in [0.05, 0.1) is 4.47 Å². The zero-order chi connectivity index (χ0) is 11.6. The average molecular weight is 277 g/mol. The van der Waals surface area contributed by atoms with Crippen molar-refractivity contribution in [2.24, 2.45) is 0 Å². The highest BCUT2D eigenvalue weighted by molar-refractivity contribution is 9.10. The Labute approximate surface area is 94.7 Å². The van der Waals surface area contributed by atoms with Gasteiger partial charge in [-0.2, -0.15) is 0 Å². The lowest BCUT2D eigenvalue weighted by Crippen LogP contribution is -2.37. The highest BCUT2D eigenvalue weighted by Crippen LogP contribution is 2.20. The third-order valence-corrected chi connectivity index (χ3v) is 2.60. The third kappa shape index (κ3) is 3.00. The van der Waals surface area contributed by atoms with E-state index in [1.807, 2.05) is 0 Å². The van der Waals surface area contributed by atoms with Crippen molar-refractivity contribution in [2.75, 3.05) is 0 Å². The van der Waals surface area contributed by atoms with Crippen LogP contribution in [0.3, 0.4) is 0 Å². The van der Waals surface area contributed by atoms with Gasteiger partial charge in [0.1, 0.15) is 5.82 Å². The lowest BCUT2D eigenvalue weighted by molar-refractivity contribution is -0.156. The van der Waals surface area contributed by atoms with E-state index in [4.69, 9.17) is 5.11 Å². The van der Waals surface area contributed by atoms with Gasteiger partial charge in [-0.1, -0.05) is 6.07 Å². The van der Waals surface area contributed by atoms with Gasteiger partial charge in [0.15, 0.2) is 5.60 Å². The Morgan fingerprint density at radius 3 is 2.67 bits per heavy atom. The second kappa shape index (κ2) is 4.28. The Hall–Kier alpha value is -0.940. The van der Waals surface area contributed by atoms with Crippen LogP contribution in [0.4, 0.5) is 4.39 Å². The number of aliphatic carboxylic acids is 1. The van der Waals surface area contributed by atoms with E-state index in [0.29, 0.717) is 5.56 Å². The van der Waals surface area contributed by atoms with Gasteiger partial charge < -0.3 is 10.2 Å². The average Bonchev–Trinajstić information content (AvgIpc) is 2.10. The molecule has 1 aromatic rings. The highest BCUT2D eigenvalue weighted by atomic mass is 79.9. The van der Waals surface area contributed by atoms with Gasteiger partial charge in [-0.3, -0.25) is 0 Å². The molecule has 2 N–H and O–H groups in total. The van der Waals surface area contributed by atoms with Crippen molar-refractivity contribution in [2.45, 2.75) is 18.9 Å². The Morgan fingerprint density at radius 1 is 1.60 bits per heavy atom. The number of benzene rings is 1. The molecule has 0 bridgehead atoms. The van der Waals surface area contributed by atoms with Crippen LogP contribution in [0.5, 0.6) is 0 Å². The Bertz CT molecular complexity index is 390. The van der Waals surface area contributed by atoms with Crippen LogP contribution in [0.1, 0.15) is 12.5 Å². The SMILES string of the molecule is CC(O)(Cc1ccc(F)c(Br)c1)C(=O)O. The maximum atomic E-state index is 12.9. The molecule has 1 unspecified atom stereocenters. The first-order valence-electron chi connectivity index (χ1n) is 4.22. The molecule has 1 atom stereocenters. The zero-order valence-electron chi connectivity index (χ0n) is 8.00. The molecule has 0 aromatic heterocycles. The summed E-state index contributed by atoms with van der Waals surface area (Å²) in [5, 5.41) is 18.2. The number of halogens is 2. The Morgan fingerprint density at radius 2 is 2.20 bits per heavy atom. The first-order valence-corrected chi connectivity index (χ1v) is 5.02. The van der Waals surface area contributed by atoms with Gasteiger partial charge in [-0.25, -0.2) is 9.18 Å². The van der Waals surface area contributed by atoms with E-state index in [9.17, 15) is 14.3 Å². The van der Waals surface area contributed by atoms with Gasteiger partial charge in [-0.05, 0) is 40.5 Å². The molecule has 0 fully saturated rings. The summed E-state index contributed by atoms with van der Waals surface area (Å²) >= 11 is 2.99. The van der Waals surface area contributed by atoms with Crippen molar-refractivity contribution in [1.29, 1.82) is 0 Å². The lowest BCUT2D eigenvalue weighted by Gasteiger charge is -2.17. The van der Waals surface area contributed by atoms with Crippen LogP contribution in [0.2, 0.25) is 0 Å². The number of rotatable bonds is 3. The lowest BCUT2D eigenvalue weighted by atomic mass is 9.97. The summed E-state index contributed by atoms with van der Waals surface area (Å²) < 4.78 is 13.1. The molecule has 3 nitrogen and oxygen atoms in total. The normalized spacial score (nSPS) is 14.7. The molecule has 0 saturated carbocycles. The zero-order valence-corrected chi connectivity index (χ0v) is 9.58. The van der Waals surface area contributed by atoms with E-state index >= 15 is 0 Å². The Balaban J connectivity index is 2.91. The summed E-state index contributed by atoms with van der Waals surface area (Å²) in [5.74, 6) is -1.73. The van der Waals surface area contributed by atoms with E-state index in [-0.39, 0.29) is 10.9 Å². The molecular weight excluding hydrogens is 267 g/mol. The fourth-order valence-electron chi connectivity index (χ4n) is 1.12. The fraction of sp³-hybridized carbons (Fsp3) is 0.300. The molecule has 0 amide bonds. The quantitative estimate of drug-likeness (QED) is 0.888. The molecule has 0 saturated heterocycles. The van der Waals surface area contributed by atoms with Crippen molar-refractivity contribution in [3.8, 4) is 0 Å². The van der Waals surface area contributed by atoms with E-state index in [0.717, 1.165) is 0 Å². The summed E-state index contributed by atoms with van der Waals surface area (Å²) in [7, 11) is 0. The maximum Gasteiger partial charge on any atom is 0.335 e. The predicted octanol–water partition coefficient (Wildman–Crippen LogP) is 1.97. The number of hydrogen-bond donors (Lipinski definition) is 2. The van der Waals surface area contributed by atoms with Crippen molar-refractivity contribution < 1.29 is 19.4 Å². The largest absolute Gasteiger partial charge is 0.479 e. The van der Waals surface area contributed by atoms with Crippen LogP contribution >= 0.6 is 15.9 Å². The molecule has 0 radical (unpaired) electrons. The molecule has 0 aliphatic heterocycles. The fourth-order valence-corrected chi connectivity index (χ4v) is 1.55. The van der Waals surface area contributed by atoms with Crippen LogP contribution < -0.4 is 0 Å². The maximum absolute atomic E-state index is 12.9. The molecule has 0 heterocycles. The number of aliphatic hydroxyl groups is 1. The number of carboxylic acids is 1. The number of carboxylic acid groups (broad SMARTS) is 1. The van der Waals surface area contributed by atoms with Crippen LogP contribution in [-0.2, 0) is 11.2 Å². The monoisotopic (exact) mass is 276 g/mol. The minimum atomic E-state index is -1.84. The van der Waals surface area contributed by atoms with Crippen LogP contribution in [0.25, 0.3) is 0 Å². The second-order valence-corrected chi connectivity index (χ2v) is 4.36. The molecule has 0 spiro atoms. The molecule has 0 aliphatic carbocycles. The summed E-state index contributed by atoms with van der Waals surface area (Å²) in [5.41, 5.74) is -1.28. The molecular formula is C10H10BrFO3. The molecule has 1 aromatic carbocycles. The Kier molecular flexibility index (Phi) is 3.46. The summed E-state index contributed by atoms with van der Waals surface area (Å²) in [6.45, 7) is 1.20. The topological polar surface area (TPSA) is 57.5 Å². The number of hydrogen-bond acceptors (Lipinski definition) is 2. The number of carbonyl (C=O) groups is 1. The predicted molar refractivity (Wildman–Crippen MR) is 56.1 cm³/mol. The minimum absolute atomic E-state index is 0.0682. The summed E-state index contributed by atoms with van der Waals surface area (Å²) in [4.78, 5) is 10.6. The van der Waals surface area contributed by atoms with E-state index in [2.05, 4.69) is 15.9 Å². The first kappa shape index (κ1) is 12.1. The molecule has 0 aliphatic rings. The van der Waals surface area contributed by atoms with E-state index in [1.165, 1.54) is 25.1 Å². The molecule has 1 rings (SSSR count). The van der Waals surface area contributed by atoms with Gasteiger partial charge in [0, 0.05) is 6.42 Å². The van der Waals surface area contributed by atoms with E-state index < -0.39 is 17.4 Å². The van der Waals surface area contributed by atoms with Gasteiger partial charge in [0.2, 0.25) is 0 Å². The smallest absolute Gasteiger partial charge is 0.335 e. The van der Waals surface area contributed by atoms with Gasteiger partial charge in [-0.15, -0.1) is 0 Å². The summed E-state index contributed by atoms with van der Waals surface area (Å²) in [6.07, 6.45) is -0.0682. The standard InChI is InChI=1S/C10H10BrFO3/c1-10(15,9(13)14)5-6-2-3-8(12)7(11)4-6/h2-4,15H,5H2,1H3,(H,13,14). The van der Waals surface area contributed by atoms with Crippen molar-refractivity contribution >= 4 is 21.9 Å². The minimum Gasteiger partial charge on any atom is -0.479 e. The van der Waals surface area contributed by atoms with Crippen LogP contribution in [-0.4, -0.2) is 21.8 Å². The second-order valence-electron chi connectivity index (χ2n) is 3.50. The van der Waals surface area contributed by atoms with E-state index in [1.54, 1.807) is 0 Å².